The van der Waals surface area contributed by atoms with E-state index in [4.69, 9.17) is 0 Å². The number of hydrogen-bond donors (Lipinski definition) is 2. The van der Waals surface area contributed by atoms with Crippen molar-refractivity contribution in [1.82, 2.24) is 30.5 Å². The van der Waals surface area contributed by atoms with Gasteiger partial charge in [0.25, 0.3) is 5.91 Å². The topological polar surface area (TPSA) is 88.5 Å². The molecule has 0 atom stereocenters. The first-order valence-electron chi connectivity index (χ1n) is 5.22. The minimum Gasteiger partial charge on any atom is -0.346 e. The minimum atomic E-state index is -0.249. The summed E-state index contributed by atoms with van der Waals surface area (Å²) in [6, 6.07) is 0. The highest BCUT2D eigenvalue weighted by atomic mass is 16.1. The molecule has 0 aromatic carbocycles. The number of carbonyl (C=O) groups is 1. The molecule has 2 rings (SSSR count). The van der Waals surface area contributed by atoms with Gasteiger partial charge in [-0.2, -0.15) is 20.5 Å². The lowest BCUT2D eigenvalue weighted by atomic mass is 10.2. The highest BCUT2D eigenvalue weighted by molar-refractivity contribution is 5.91. The van der Waals surface area contributed by atoms with Crippen LogP contribution >= 0.6 is 0 Å². The zero-order chi connectivity index (χ0) is 12.4. The average Bonchev–Trinajstić information content (AvgIpc) is 2.88. The molecule has 0 saturated heterocycles. The van der Waals surface area contributed by atoms with Gasteiger partial charge in [-0.1, -0.05) is 0 Å². The second kappa shape index (κ2) is 4.36. The standard InChI is InChI=1S/C10H14N6O/c1-6-8(7(2)16(3)14-6)4-11-10(17)9-5-12-15-13-9/h5H,4H2,1-3H3,(H,11,17)(H,12,13,15). The number of amides is 1. The van der Waals surface area contributed by atoms with Crippen molar-refractivity contribution in [3.8, 4) is 0 Å². The number of H-pyrrole nitrogens is 1. The molecule has 0 radical (unpaired) electrons. The lowest BCUT2D eigenvalue weighted by Gasteiger charge is -2.03. The summed E-state index contributed by atoms with van der Waals surface area (Å²) in [7, 11) is 1.88. The Morgan fingerprint density at radius 3 is 2.82 bits per heavy atom. The zero-order valence-corrected chi connectivity index (χ0v) is 9.98. The molecular formula is C10H14N6O. The summed E-state index contributed by atoms with van der Waals surface area (Å²) in [5.74, 6) is -0.249. The Labute approximate surface area is 98.2 Å². The van der Waals surface area contributed by atoms with Crippen molar-refractivity contribution in [2.24, 2.45) is 7.05 Å². The maximum absolute atomic E-state index is 11.6. The third-order valence-electron chi connectivity index (χ3n) is 2.73. The van der Waals surface area contributed by atoms with Gasteiger partial charge in [-0.05, 0) is 13.8 Å². The van der Waals surface area contributed by atoms with Gasteiger partial charge in [0.15, 0.2) is 5.69 Å². The van der Waals surface area contributed by atoms with Crippen LogP contribution in [0.3, 0.4) is 0 Å². The third kappa shape index (κ3) is 2.17. The van der Waals surface area contributed by atoms with Crippen molar-refractivity contribution in [3.63, 3.8) is 0 Å². The van der Waals surface area contributed by atoms with Gasteiger partial charge in [0.1, 0.15) is 0 Å². The highest BCUT2D eigenvalue weighted by Gasteiger charge is 2.12. The Hall–Kier alpha value is -2.18. The molecule has 0 spiro atoms. The smallest absolute Gasteiger partial charge is 0.273 e. The number of aromatic nitrogens is 5. The van der Waals surface area contributed by atoms with E-state index in [1.165, 1.54) is 6.20 Å². The summed E-state index contributed by atoms with van der Waals surface area (Å²) in [4.78, 5) is 11.6. The Morgan fingerprint density at radius 2 is 2.29 bits per heavy atom. The monoisotopic (exact) mass is 234 g/mol. The maximum atomic E-state index is 11.6. The van der Waals surface area contributed by atoms with Gasteiger partial charge in [0, 0.05) is 24.8 Å². The van der Waals surface area contributed by atoms with E-state index in [2.05, 4.69) is 25.8 Å². The number of aryl methyl sites for hydroxylation is 2. The lowest BCUT2D eigenvalue weighted by Crippen LogP contribution is -2.23. The first-order valence-corrected chi connectivity index (χ1v) is 5.22. The zero-order valence-electron chi connectivity index (χ0n) is 9.98. The molecule has 2 aromatic heterocycles. The number of rotatable bonds is 3. The molecule has 7 nitrogen and oxygen atoms in total. The minimum absolute atomic E-state index is 0.249. The van der Waals surface area contributed by atoms with Crippen LogP contribution in [0.25, 0.3) is 0 Å². The van der Waals surface area contributed by atoms with Crippen LogP contribution in [0, 0.1) is 13.8 Å². The fraction of sp³-hybridized carbons (Fsp3) is 0.400. The van der Waals surface area contributed by atoms with Gasteiger partial charge in [-0.25, -0.2) is 0 Å². The third-order valence-corrected chi connectivity index (χ3v) is 2.73. The summed E-state index contributed by atoms with van der Waals surface area (Å²) in [6.45, 7) is 4.33. The van der Waals surface area contributed by atoms with Gasteiger partial charge in [0.2, 0.25) is 0 Å². The first-order chi connectivity index (χ1) is 8.09. The Kier molecular flexibility index (Phi) is 2.90. The fourth-order valence-electron chi connectivity index (χ4n) is 1.64. The van der Waals surface area contributed by atoms with E-state index in [-0.39, 0.29) is 11.6 Å². The van der Waals surface area contributed by atoms with Crippen LogP contribution in [0.5, 0.6) is 0 Å². The molecule has 2 aromatic rings. The van der Waals surface area contributed by atoms with Gasteiger partial charge in [0.05, 0.1) is 11.9 Å². The highest BCUT2D eigenvalue weighted by Crippen LogP contribution is 2.11. The average molecular weight is 234 g/mol. The number of hydrogen-bond acceptors (Lipinski definition) is 4. The summed E-state index contributed by atoms with van der Waals surface area (Å²) in [5, 5.41) is 16.8. The summed E-state index contributed by atoms with van der Waals surface area (Å²) >= 11 is 0. The lowest BCUT2D eigenvalue weighted by molar-refractivity contribution is 0.0946. The second-order valence-electron chi connectivity index (χ2n) is 3.81. The van der Waals surface area contributed by atoms with Gasteiger partial charge in [-0.15, -0.1) is 0 Å². The predicted octanol–water partition coefficient (Wildman–Crippen LogP) is 0.0850. The van der Waals surface area contributed by atoms with Crippen molar-refractivity contribution in [2.45, 2.75) is 20.4 Å². The van der Waals surface area contributed by atoms with E-state index in [1.54, 1.807) is 4.68 Å². The molecule has 0 fully saturated rings. The van der Waals surface area contributed by atoms with Crippen LogP contribution in [0.4, 0.5) is 0 Å². The van der Waals surface area contributed by atoms with Crippen molar-refractivity contribution in [2.75, 3.05) is 0 Å². The fourth-order valence-corrected chi connectivity index (χ4v) is 1.64. The van der Waals surface area contributed by atoms with Crippen molar-refractivity contribution in [3.05, 3.63) is 28.8 Å². The largest absolute Gasteiger partial charge is 0.346 e. The van der Waals surface area contributed by atoms with Crippen LogP contribution in [0.2, 0.25) is 0 Å². The molecule has 7 heteroatoms. The molecule has 0 aliphatic heterocycles. The molecule has 2 heterocycles. The molecule has 0 saturated carbocycles. The Bertz CT molecular complexity index is 527. The van der Waals surface area contributed by atoms with Crippen molar-refractivity contribution >= 4 is 5.91 Å². The number of carbonyl (C=O) groups excluding carboxylic acids is 1. The summed E-state index contributed by atoms with van der Waals surface area (Å²) < 4.78 is 1.80. The van der Waals surface area contributed by atoms with Gasteiger partial charge >= 0.3 is 0 Å². The van der Waals surface area contributed by atoms with Crippen molar-refractivity contribution in [1.29, 1.82) is 0 Å². The SMILES string of the molecule is Cc1nn(C)c(C)c1CNC(=O)c1cn[nH]n1. The molecule has 0 aliphatic carbocycles. The normalized spacial score (nSPS) is 10.5. The number of nitrogens with one attached hydrogen (secondary N) is 2. The van der Waals surface area contributed by atoms with E-state index in [1.807, 2.05) is 20.9 Å². The van der Waals surface area contributed by atoms with E-state index >= 15 is 0 Å². The van der Waals surface area contributed by atoms with E-state index < -0.39 is 0 Å². The molecule has 0 bridgehead atoms. The molecule has 1 amide bonds. The molecule has 17 heavy (non-hydrogen) atoms. The van der Waals surface area contributed by atoms with Gasteiger partial charge < -0.3 is 5.32 Å². The van der Waals surface area contributed by atoms with Crippen LogP contribution < -0.4 is 5.32 Å². The quantitative estimate of drug-likeness (QED) is 0.787. The first kappa shape index (κ1) is 11.3. The molecular weight excluding hydrogens is 220 g/mol. The van der Waals surface area contributed by atoms with Crippen LogP contribution in [-0.4, -0.2) is 31.1 Å². The number of nitrogens with zero attached hydrogens (tertiary/aromatic N) is 4. The van der Waals surface area contributed by atoms with Crippen LogP contribution in [0.1, 0.15) is 27.4 Å². The number of aromatic amines is 1. The van der Waals surface area contributed by atoms with Crippen LogP contribution in [0.15, 0.2) is 6.20 Å². The molecule has 0 aliphatic rings. The van der Waals surface area contributed by atoms with Crippen LogP contribution in [-0.2, 0) is 13.6 Å². The maximum Gasteiger partial charge on any atom is 0.273 e. The van der Waals surface area contributed by atoms with E-state index in [9.17, 15) is 4.79 Å². The summed E-state index contributed by atoms with van der Waals surface area (Å²) in [6.07, 6.45) is 1.39. The summed E-state index contributed by atoms with van der Waals surface area (Å²) in [5.41, 5.74) is 3.28. The Morgan fingerprint density at radius 1 is 1.53 bits per heavy atom. The van der Waals surface area contributed by atoms with Gasteiger partial charge in [-0.3, -0.25) is 9.48 Å². The molecule has 90 valence electrons. The van der Waals surface area contributed by atoms with E-state index in [0.29, 0.717) is 6.54 Å². The molecule has 2 N–H and O–H groups in total. The molecule has 0 unspecified atom stereocenters. The van der Waals surface area contributed by atoms with Crippen molar-refractivity contribution < 1.29 is 4.79 Å². The Balaban J connectivity index is 2.05. The second-order valence-corrected chi connectivity index (χ2v) is 3.81. The van der Waals surface area contributed by atoms with E-state index in [0.717, 1.165) is 17.0 Å². The predicted molar refractivity (Wildman–Crippen MR) is 60.2 cm³/mol.